The summed E-state index contributed by atoms with van der Waals surface area (Å²) in [6.07, 6.45) is 0. The number of nitrogens with zero attached hydrogens (tertiary/aromatic N) is 2. The highest BCUT2D eigenvalue weighted by molar-refractivity contribution is 7.09. The molecule has 6 heteroatoms. The topological polar surface area (TPSA) is 66.9 Å². The smallest absolute Gasteiger partial charge is 0.227 e. The van der Waals surface area contributed by atoms with Crippen LogP contribution in [0.3, 0.4) is 0 Å². The van der Waals surface area contributed by atoms with Crippen LogP contribution in [0.1, 0.15) is 39.4 Å². The number of hydrogen-bond donors (Lipinski definition) is 2. The van der Waals surface area contributed by atoms with Crippen molar-refractivity contribution in [3.8, 4) is 0 Å². The lowest BCUT2D eigenvalue weighted by molar-refractivity contribution is -0.128. The molecule has 0 saturated carbocycles. The number of aromatic nitrogens is 2. The molecule has 17 heavy (non-hydrogen) atoms. The van der Waals surface area contributed by atoms with Gasteiger partial charge in [0.25, 0.3) is 0 Å². The van der Waals surface area contributed by atoms with Crippen LogP contribution in [-0.4, -0.2) is 28.9 Å². The molecular formula is C11H20N4OS. The number of carbonyl (C=O) groups excluding carboxylic acids is 1. The van der Waals surface area contributed by atoms with Gasteiger partial charge in [0, 0.05) is 31.0 Å². The number of nitrogens with one attached hydrogen (secondary N) is 2. The fraction of sp³-hybridized carbons (Fsp3) is 0.727. The van der Waals surface area contributed by atoms with E-state index in [0.717, 1.165) is 11.0 Å². The Hall–Kier alpha value is -1.17. The summed E-state index contributed by atoms with van der Waals surface area (Å²) < 4.78 is 4.25. The van der Waals surface area contributed by atoms with Crippen LogP contribution in [0, 0.1) is 5.41 Å². The molecule has 0 fully saturated rings. The maximum Gasteiger partial charge on any atom is 0.227 e. The van der Waals surface area contributed by atoms with Crippen molar-refractivity contribution >= 4 is 22.6 Å². The number of hydrogen-bond acceptors (Lipinski definition) is 5. The minimum atomic E-state index is -0.460. The van der Waals surface area contributed by atoms with Gasteiger partial charge in [-0.2, -0.15) is 4.37 Å². The molecule has 1 amide bonds. The molecule has 0 aromatic carbocycles. The highest BCUT2D eigenvalue weighted by atomic mass is 32.1. The van der Waals surface area contributed by atoms with Crippen molar-refractivity contribution in [3.63, 3.8) is 0 Å². The maximum atomic E-state index is 11.6. The van der Waals surface area contributed by atoms with E-state index in [-0.39, 0.29) is 5.91 Å². The molecule has 0 saturated heterocycles. The van der Waals surface area contributed by atoms with Crippen LogP contribution in [0.15, 0.2) is 0 Å². The third-order valence-corrected chi connectivity index (χ3v) is 3.17. The predicted molar refractivity (Wildman–Crippen MR) is 70.3 cm³/mol. The average Bonchev–Trinajstić information content (AvgIpc) is 2.74. The largest absolute Gasteiger partial charge is 0.359 e. The van der Waals surface area contributed by atoms with E-state index in [0.29, 0.717) is 12.5 Å². The minimum Gasteiger partial charge on any atom is -0.359 e. The quantitative estimate of drug-likeness (QED) is 0.843. The van der Waals surface area contributed by atoms with Gasteiger partial charge in [-0.25, -0.2) is 4.98 Å². The first kappa shape index (κ1) is 13.9. The highest BCUT2D eigenvalue weighted by Gasteiger charge is 2.26. The van der Waals surface area contributed by atoms with Crippen molar-refractivity contribution in [3.05, 3.63) is 5.82 Å². The lowest BCUT2D eigenvalue weighted by Gasteiger charge is -2.22. The molecule has 0 spiro atoms. The van der Waals surface area contributed by atoms with Gasteiger partial charge in [-0.15, -0.1) is 0 Å². The summed E-state index contributed by atoms with van der Waals surface area (Å²) in [6, 6.07) is 0. The zero-order valence-corrected chi connectivity index (χ0v) is 11.8. The van der Waals surface area contributed by atoms with Crippen LogP contribution in [0.2, 0.25) is 0 Å². The SMILES string of the molecule is CNC(=O)C(C)(C)CNc1nc(C(C)C)ns1. The fourth-order valence-electron chi connectivity index (χ4n) is 1.26. The first-order valence-electron chi connectivity index (χ1n) is 5.66. The van der Waals surface area contributed by atoms with Crippen molar-refractivity contribution in [2.24, 2.45) is 5.41 Å². The lowest BCUT2D eigenvalue weighted by atomic mass is 9.92. The summed E-state index contributed by atoms with van der Waals surface area (Å²) in [5.74, 6) is 1.18. The first-order chi connectivity index (χ1) is 7.86. The summed E-state index contributed by atoms with van der Waals surface area (Å²) in [4.78, 5) is 15.9. The molecule has 1 heterocycles. The maximum absolute atomic E-state index is 11.6. The molecule has 2 N–H and O–H groups in total. The summed E-state index contributed by atoms with van der Waals surface area (Å²) in [5.41, 5.74) is -0.460. The second kappa shape index (κ2) is 5.44. The van der Waals surface area contributed by atoms with Crippen LogP contribution in [0.4, 0.5) is 5.13 Å². The molecule has 1 aromatic rings. The summed E-state index contributed by atoms with van der Waals surface area (Å²) >= 11 is 1.33. The fourth-order valence-corrected chi connectivity index (χ4v) is 1.96. The molecule has 0 atom stereocenters. The number of carbonyl (C=O) groups is 1. The molecule has 0 bridgehead atoms. The molecule has 0 radical (unpaired) electrons. The molecule has 1 aromatic heterocycles. The third-order valence-electron chi connectivity index (χ3n) is 2.48. The highest BCUT2D eigenvalue weighted by Crippen LogP contribution is 2.20. The Morgan fingerprint density at radius 2 is 2.12 bits per heavy atom. The monoisotopic (exact) mass is 256 g/mol. The van der Waals surface area contributed by atoms with E-state index in [1.807, 2.05) is 13.8 Å². The Labute approximate surface area is 106 Å². The molecule has 0 aliphatic heterocycles. The van der Waals surface area contributed by atoms with Crippen LogP contribution in [0.5, 0.6) is 0 Å². The van der Waals surface area contributed by atoms with Gasteiger partial charge in [-0.3, -0.25) is 4.79 Å². The Morgan fingerprint density at radius 1 is 1.47 bits per heavy atom. The van der Waals surface area contributed by atoms with Crippen LogP contribution in [0.25, 0.3) is 0 Å². The van der Waals surface area contributed by atoms with Crippen molar-refractivity contribution < 1.29 is 4.79 Å². The van der Waals surface area contributed by atoms with Gasteiger partial charge in [0.1, 0.15) is 5.82 Å². The molecule has 96 valence electrons. The Morgan fingerprint density at radius 3 is 2.59 bits per heavy atom. The Bertz CT molecular complexity index is 387. The summed E-state index contributed by atoms with van der Waals surface area (Å²) in [7, 11) is 1.64. The van der Waals surface area contributed by atoms with Crippen molar-refractivity contribution in [2.45, 2.75) is 33.6 Å². The predicted octanol–water partition coefficient (Wildman–Crippen LogP) is 1.85. The van der Waals surface area contributed by atoms with Crippen LogP contribution in [-0.2, 0) is 4.79 Å². The zero-order valence-electron chi connectivity index (χ0n) is 11.0. The van der Waals surface area contributed by atoms with E-state index in [2.05, 4.69) is 33.8 Å². The van der Waals surface area contributed by atoms with Crippen molar-refractivity contribution in [1.29, 1.82) is 0 Å². The second-order valence-electron chi connectivity index (χ2n) is 4.93. The van der Waals surface area contributed by atoms with E-state index in [4.69, 9.17) is 0 Å². The Kier molecular flexibility index (Phi) is 4.45. The van der Waals surface area contributed by atoms with E-state index >= 15 is 0 Å². The number of anilines is 1. The number of rotatable bonds is 5. The minimum absolute atomic E-state index is 0.0126. The van der Waals surface area contributed by atoms with Gasteiger partial charge in [-0.05, 0) is 13.8 Å². The zero-order chi connectivity index (χ0) is 13.1. The molecule has 1 rings (SSSR count). The van der Waals surface area contributed by atoms with E-state index in [1.54, 1.807) is 7.05 Å². The average molecular weight is 256 g/mol. The van der Waals surface area contributed by atoms with Gasteiger partial charge in [-0.1, -0.05) is 13.8 Å². The molecule has 0 aliphatic carbocycles. The van der Waals surface area contributed by atoms with Gasteiger partial charge < -0.3 is 10.6 Å². The van der Waals surface area contributed by atoms with Crippen LogP contribution < -0.4 is 10.6 Å². The first-order valence-corrected chi connectivity index (χ1v) is 6.44. The molecular weight excluding hydrogens is 236 g/mol. The number of amides is 1. The van der Waals surface area contributed by atoms with Gasteiger partial charge in [0.2, 0.25) is 11.0 Å². The van der Waals surface area contributed by atoms with E-state index in [1.165, 1.54) is 11.5 Å². The normalized spacial score (nSPS) is 11.6. The van der Waals surface area contributed by atoms with Crippen molar-refractivity contribution in [2.75, 3.05) is 18.9 Å². The summed E-state index contributed by atoms with van der Waals surface area (Å²) in [6.45, 7) is 8.44. The third kappa shape index (κ3) is 3.66. The van der Waals surface area contributed by atoms with E-state index < -0.39 is 5.41 Å². The van der Waals surface area contributed by atoms with Gasteiger partial charge in [0.15, 0.2) is 0 Å². The second-order valence-corrected chi connectivity index (χ2v) is 5.68. The summed E-state index contributed by atoms with van der Waals surface area (Å²) in [5, 5.41) is 6.58. The molecule has 5 nitrogen and oxygen atoms in total. The lowest BCUT2D eigenvalue weighted by Crippen LogP contribution is -2.39. The van der Waals surface area contributed by atoms with Crippen LogP contribution >= 0.6 is 11.5 Å². The molecule has 0 unspecified atom stereocenters. The molecule has 0 aliphatic rings. The standard InChI is InChI=1S/C11H20N4OS/c1-7(2)8-14-10(17-15-8)13-6-11(3,4)9(16)12-5/h7H,6H2,1-5H3,(H,12,16)(H,13,14,15). The Balaban J connectivity index is 2.58. The van der Waals surface area contributed by atoms with Gasteiger partial charge in [0.05, 0.1) is 5.41 Å². The van der Waals surface area contributed by atoms with E-state index in [9.17, 15) is 4.79 Å². The van der Waals surface area contributed by atoms with Crippen molar-refractivity contribution in [1.82, 2.24) is 14.7 Å². The van der Waals surface area contributed by atoms with Gasteiger partial charge >= 0.3 is 0 Å².